The van der Waals surface area contributed by atoms with Crippen molar-refractivity contribution in [1.29, 1.82) is 0 Å². The number of benzene rings is 1. The summed E-state index contributed by atoms with van der Waals surface area (Å²) in [6.45, 7) is 6.04. The van der Waals surface area contributed by atoms with Gasteiger partial charge in [-0.2, -0.15) is 0 Å². The second kappa shape index (κ2) is 7.50. The van der Waals surface area contributed by atoms with Crippen LogP contribution in [0.2, 0.25) is 0 Å². The van der Waals surface area contributed by atoms with E-state index in [2.05, 4.69) is 14.9 Å². The van der Waals surface area contributed by atoms with Gasteiger partial charge in [0.1, 0.15) is 5.82 Å². The summed E-state index contributed by atoms with van der Waals surface area (Å²) in [5, 5.41) is 3.88. The smallest absolute Gasteiger partial charge is 0.240 e. The molecule has 1 aromatic carbocycles. The molecule has 0 aliphatic rings. The molecule has 8 heteroatoms. The number of hydrogen-bond donors (Lipinski definition) is 2. The summed E-state index contributed by atoms with van der Waals surface area (Å²) in [7, 11) is -3.56. The summed E-state index contributed by atoms with van der Waals surface area (Å²) in [6.07, 6.45) is 2.35. The zero-order valence-electron chi connectivity index (χ0n) is 15.5. The largest absolute Gasteiger partial charge is 0.383 e. The number of nitrogens with zero attached hydrogens (tertiary/aromatic N) is 2. The van der Waals surface area contributed by atoms with Crippen molar-refractivity contribution >= 4 is 15.8 Å². The van der Waals surface area contributed by atoms with Gasteiger partial charge in [0.25, 0.3) is 0 Å². The van der Waals surface area contributed by atoms with Gasteiger partial charge in [0.15, 0.2) is 5.76 Å². The highest BCUT2D eigenvalue weighted by Gasteiger charge is 2.17. The summed E-state index contributed by atoms with van der Waals surface area (Å²) in [4.78, 5) is 4.46. The van der Waals surface area contributed by atoms with Gasteiger partial charge in [-0.3, -0.25) is 0 Å². The standard InChI is InChI=1S/C19H22N4O3S/c1-4-7-22-27(24,25)15-6-5-12(2)16(10-15)14-9-17(19(20)21-11-14)18-8-13(3)23-26-18/h5-6,8-11,22H,4,7H2,1-3H3,(H2,20,21). The minimum Gasteiger partial charge on any atom is -0.383 e. The molecule has 142 valence electrons. The van der Waals surface area contributed by atoms with Crippen LogP contribution in [0.5, 0.6) is 0 Å². The number of rotatable bonds is 6. The lowest BCUT2D eigenvalue weighted by Gasteiger charge is -2.12. The Morgan fingerprint density at radius 1 is 1.15 bits per heavy atom. The Kier molecular flexibility index (Phi) is 5.29. The lowest BCUT2D eigenvalue weighted by atomic mass is 10.00. The second-order valence-electron chi connectivity index (χ2n) is 6.36. The average Bonchev–Trinajstić information content (AvgIpc) is 3.07. The molecule has 0 saturated heterocycles. The van der Waals surface area contributed by atoms with Crippen LogP contribution in [0.3, 0.4) is 0 Å². The highest BCUT2D eigenvalue weighted by Crippen LogP contribution is 2.32. The molecule has 0 aliphatic carbocycles. The molecule has 3 rings (SSSR count). The third-order valence-electron chi connectivity index (χ3n) is 4.18. The first kappa shape index (κ1) is 19.1. The molecular formula is C19H22N4O3S. The minimum absolute atomic E-state index is 0.213. The Bertz CT molecular complexity index is 1070. The molecule has 0 fully saturated rings. The van der Waals surface area contributed by atoms with E-state index < -0.39 is 10.0 Å². The van der Waals surface area contributed by atoms with Gasteiger partial charge in [0.2, 0.25) is 10.0 Å². The number of nitrogens with two attached hydrogens (primary N) is 1. The topological polar surface area (TPSA) is 111 Å². The van der Waals surface area contributed by atoms with Gasteiger partial charge in [0, 0.05) is 24.4 Å². The van der Waals surface area contributed by atoms with Crippen LogP contribution in [-0.2, 0) is 10.0 Å². The lowest BCUT2D eigenvalue weighted by Crippen LogP contribution is -2.24. The predicted molar refractivity (Wildman–Crippen MR) is 105 cm³/mol. The SMILES string of the molecule is CCCNS(=O)(=O)c1ccc(C)c(-c2cnc(N)c(-c3cc(C)no3)c2)c1. The number of aromatic nitrogens is 2. The van der Waals surface area contributed by atoms with Gasteiger partial charge in [0.05, 0.1) is 16.2 Å². The fraction of sp³-hybridized carbons (Fsp3) is 0.263. The first-order valence-corrected chi connectivity index (χ1v) is 10.1. The van der Waals surface area contributed by atoms with Crippen LogP contribution in [-0.4, -0.2) is 25.1 Å². The first-order valence-electron chi connectivity index (χ1n) is 8.61. The van der Waals surface area contributed by atoms with E-state index in [0.29, 0.717) is 23.7 Å². The van der Waals surface area contributed by atoms with Crippen LogP contribution >= 0.6 is 0 Å². The van der Waals surface area contributed by atoms with Crippen LogP contribution in [0.25, 0.3) is 22.5 Å². The zero-order valence-corrected chi connectivity index (χ0v) is 16.3. The normalized spacial score (nSPS) is 11.7. The highest BCUT2D eigenvalue weighted by molar-refractivity contribution is 7.89. The van der Waals surface area contributed by atoms with Gasteiger partial charge in [-0.1, -0.05) is 18.1 Å². The number of pyridine rings is 1. The molecule has 0 atom stereocenters. The maximum Gasteiger partial charge on any atom is 0.240 e. The van der Waals surface area contributed by atoms with E-state index in [1.54, 1.807) is 30.5 Å². The number of hydrogen-bond acceptors (Lipinski definition) is 6. The van der Waals surface area contributed by atoms with Gasteiger partial charge >= 0.3 is 0 Å². The van der Waals surface area contributed by atoms with Crippen molar-refractivity contribution in [2.24, 2.45) is 0 Å². The number of nitrogens with one attached hydrogen (secondary N) is 1. The van der Waals surface area contributed by atoms with Crippen LogP contribution < -0.4 is 10.5 Å². The van der Waals surface area contributed by atoms with E-state index in [0.717, 1.165) is 28.8 Å². The molecule has 0 saturated carbocycles. The Hall–Kier alpha value is -2.71. The molecular weight excluding hydrogens is 364 g/mol. The fourth-order valence-electron chi connectivity index (χ4n) is 2.71. The third-order valence-corrected chi connectivity index (χ3v) is 5.64. The summed E-state index contributed by atoms with van der Waals surface area (Å²) in [5.41, 5.74) is 9.79. The molecule has 0 bridgehead atoms. The average molecular weight is 386 g/mol. The summed E-state index contributed by atoms with van der Waals surface area (Å²) in [5.74, 6) is 0.839. The van der Waals surface area contributed by atoms with Crippen LogP contribution in [0, 0.1) is 13.8 Å². The molecule has 0 unspecified atom stereocenters. The molecule has 3 aromatic rings. The van der Waals surface area contributed by atoms with E-state index >= 15 is 0 Å². The molecule has 0 radical (unpaired) electrons. The van der Waals surface area contributed by atoms with Crippen LogP contribution in [0.4, 0.5) is 5.82 Å². The molecule has 2 aromatic heterocycles. The van der Waals surface area contributed by atoms with Gasteiger partial charge in [-0.15, -0.1) is 0 Å². The van der Waals surface area contributed by atoms with Crippen molar-refractivity contribution in [2.75, 3.05) is 12.3 Å². The van der Waals surface area contributed by atoms with Crippen molar-refractivity contribution in [3.63, 3.8) is 0 Å². The lowest BCUT2D eigenvalue weighted by molar-refractivity contribution is 0.427. The molecule has 0 aliphatic heterocycles. The summed E-state index contributed by atoms with van der Waals surface area (Å²) >= 11 is 0. The van der Waals surface area contributed by atoms with E-state index in [1.165, 1.54) is 0 Å². The third kappa shape index (κ3) is 4.01. The maximum absolute atomic E-state index is 12.5. The minimum atomic E-state index is -3.56. The highest BCUT2D eigenvalue weighted by atomic mass is 32.2. The molecule has 2 heterocycles. The maximum atomic E-state index is 12.5. The molecule has 3 N–H and O–H groups in total. The first-order chi connectivity index (χ1) is 12.8. The predicted octanol–water partition coefficient (Wildman–Crippen LogP) is 3.29. The number of anilines is 1. The van der Waals surface area contributed by atoms with Crippen molar-refractivity contribution in [2.45, 2.75) is 32.1 Å². The number of nitrogen functional groups attached to an aromatic ring is 1. The summed E-state index contributed by atoms with van der Waals surface area (Å²) in [6, 6.07) is 8.64. The van der Waals surface area contributed by atoms with Crippen molar-refractivity contribution in [3.05, 3.63) is 47.8 Å². The van der Waals surface area contributed by atoms with E-state index in [9.17, 15) is 8.42 Å². The molecule has 0 amide bonds. The van der Waals surface area contributed by atoms with E-state index in [-0.39, 0.29) is 4.90 Å². The Balaban J connectivity index is 2.08. The van der Waals surface area contributed by atoms with Gasteiger partial charge in [-0.05, 0) is 49.6 Å². The fourth-order valence-corrected chi connectivity index (χ4v) is 3.87. The number of aryl methyl sites for hydroxylation is 2. The van der Waals surface area contributed by atoms with Crippen LogP contribution in [0.15, 0.2) is 45.9 Å². The van der Waals surface area contributed by atoms with Crippen molar-refractivity contribution < 1.29 is 12.9 Å². The van der Waals surface area contributed by atoms with Crippen molar-refractivity contribution in [3.8, 4) is 22.5 Å². The van der Waals surface area contributed by atoms with Crippen molar-refractivity contribution in [1.82, 2.24) is 14.9 Å². The Morgan fingerprint density at radius 2 is 1.93 bits per heavy atom. The monoisotopic (exact) mass is 386 g/mol. The van der Waals surface area contributed by atoms with E-state index in [1.807, 2.05) is 26.8 Å². The Labute approximate surface area is 158 Å². The molecule has 0 spiro atoms. The molecule has 27 heavy (non-hydrogen) atoms. The van der Waals surface area contributed by atoms with Gasteiger partial charge < -0.3 is 10.3 Å². The summed E-state index contributed by atoms with van der Waals surface area (Å²) < 4.78 is 32.8. The second-order valence-corrected chi connectivity index (χ2v) is 8.13. The number of sulfonamides is 1. The quantitative estimate of drug-likeness (QED) is 0.672. The molecule has 7 nitrogen and oxygen atoms in total. The van der Waals surface area contributed by atoms with E-state index in [4.69, 9.17) is 10.3 Å². The zero-order chi connectivity index (χ0) is 19.6. The van der Waals surface area contributed by atoms with Crippen LogP contribution in [0.1, 0.15) is 24.6 Å². The Morgan fingerprint density at radius 3 is 2.59 bits per heavy atom. The van der Waals surface area contributed by atoms with Gasteiger partial charge in [-0.25, -0.2) is 18.1 Å².